The second-order valence-electron chi connectivity index (χ2n) is 5.30. The molecule has 0 aliphatic rings. The van der Waals surface area contributed by atoms with Crippen molar-refractivity contribution < 1.29 is 4.79 Å². The highest BCUT2D eigenvalue weighted by Gasteiger charge is 2.10. The topological polar surface area (TPSA) is 59.8 Å². The van der Waals surface area contributed by atoms with Crippen LogP contribution in [0.25, 0.3) is 5.69 Å². The molecule has 0 aliphatic carbocycles. The summed E-state index contributed by atoms with van der Waals surface area (Å²) in [6.07, 6.45) is 4.47. The van der Waals surface area contributed by atoms with Gasteiger partial charge in [0.1, 0.15) is 12.7 Å². The highest BCUT2D eigenvalue weighted by Crippen LogP contribution is 2.16. The van der Waals surface area contributed by atoms with Crippen LogP contribution in [0.1, 0.15) is 29.8 Å². The number of amides is 1. The maximum atomic E-state index is 12.0. The first-order valence-corrected chi connectivity index (χ1v) is 8.37. The minimum atomic E-state index is -0.0179. The summed E-state index contributed by atoms with van der Waals surface area (Å²) in [6.45, 7) is 1.99. The van der Waals surface area contributed by atoms with Gasteiger partial charge in [-0.1, -0.05) is 18.2 Å². The first-order chi connectivity index (χ1) is 11.2. The third kappa shape index (κ3) is 4.04. The zero-order valence-electron chi connectivity index (χ0n) is 12.8. The van der Waals surface area contributed by atoms with Crippen molar-refractivity contribution in [3.63, 3.8) is 0 Å². The molecule has 0 bridgehead atoms. The molecule has 0 unspecified atom stereocenters. The van der Waals surface area contributed by atoms with Crippen molar-refractivity contribution in [2.24, 2.45) is 0 Å². The molecule has 0 spiro atoms. The van der Waals surface area contributed by atoms with Gasteiger partial charge in [0.15, 0.2) is 0 Å². The number of nitrogens with zero attached hydrogens (tertiary/aromatic N) is 3. The molecule has 23 heavy (non-hydrogen) atoms. The monoisotopic (exact) mass is 326 g/mol. The number of carbonyl (C=O) groups excluding carboxylic acids is 1. The molecule has 1 atom stereocenters. The molecule has 0 radical (unpaired) electrons. The quantitative estimate of drug-likeness (QED) is 0.757. The average Bonchev–Trinajstić information content (AvgIpc) is 3.26. The summed E-state index contributed by atoms with van der Waals surface area (Å²) in [7, 11) is 0. The Labute approximate surface area is 139 Å². The molecule has 5 nitrogen and oxygen atoms in total. The zero-order valence-corrected chi connectivity index (χ0v) is 13.7. The first-order valence-electron chi connectivity index (χ1n) is 7.49. The molecule has 6 heteroatoms. The largest absolute Gasteiger partial charge is 0.350 e. The van der Waals surface area contributed by atoms with Crippen molar-refractivity contribution >= 4 is 17.2 Å². The fourth-order valence-electron chi connectivity index (χ4n) is 2.35. The second-order valence-corrected chi connectivity index (χ2v) is 6.33. The summed E-state index contributed by atoms with van der Waals surface area (Å²) in [5.74, 6) is 0.0752. The zero-order chi connectivity index (χ0) is 16.1. The van der Waals surface area contributed by atoms with Crippen LogP contribution in [0.3, 0.4) is 0 Å². The first kappa shape index (κ1) is 15.4. The van der Waals surface area contributed by atoms with E-state index in [0.29, 0.717) is 6.42 Å². The molecule has 0 aliphatic heterocycles. The van der Waals surface area contributed by atoms with E-state index in [2.05, 4.69) is 21.5 Å². The molecule has 1 aromatic carbocycles. The van der Waals surface area contributed by atoms with Gasteiger partial charge in [-0.05, 0) is 42.5 Å². The number of carbonyl (C=O) groups is 1. The van der Waals surface area contributed by atoms with Gasteiger partial charge in [0.2, 0.25) is 5.91 Å². The Morgan fingerprint density at radius 1 is 1.30 bits per heavy atom. The number of hydrogen-bond acceptors (Lipinski definition) is 4. The smallest absolute Gasteiger partial charge is 0.220 e. The highest BCUT2D eigenvalue weighted by atomic mass is 32.1. The Bertz CT molecular complexity index is 736. The van der Waals surface area contributed by atoms with Crippen molar-refractivity contribution in [3.8, 4) is 5.69 Å². The van der Waals surface area contributed by atoms with Crippen LogP contribution in [0.15, 0.2) is 54.4 Å². The van der Waals surface area contributed by atoms with Gasteiger partial charge in [-0.15, -0.1) is 11.3 Å². The van der Waals surface area contributed by atoms with E-state index >= 15 is 0 Å². The van der Waals surface area contributed by atoms with Gasteiger partial charge in [-0.3, -0.25) is 4.79 Å². The summed E-state index contributed by atoms with van der Waals surface area (Å²) in [5.41, 5.74) is 2.01. The van der Waals surface area contributed by atoms with Crippen LogP contribution in [0.2, 0.25) is 0 Å². The molecule has 1 amide bonds. The van der Waals surface area contributed by atoms with Crippen molar-refractivity contribution in [3.05, 3.63) is 64.9 Å². The maximum absolute atomic E-state index is 12.0. The summed E-state index contributed by atoms with van der Waals surface area (Å²) in [5, 5.41) is 9.17. The lowest BCUT2D eigenvalue weighted by atomic mass is 10.1. The van der Waals surface area contributed by atoms with Crippen LogP contribution in [-0.2, 0) is 11.2 Å². The van der Waals surface area contributed by atoms with E-state index in [-0.39, 0.29) is 11.9 Å². The second kappa shape index (κ2) is 7.19. The Morgan fingerprint density at radius 3 is 2.78 bits per heavy atom. The number of hydrogen-bond donors (Lipinski definition) is 1. The Hall–Kier alpha value is -2.47. The third-order valence-corrected chi connectivity index (χ3v) is 4.57. The Morgan fingerprint density at radius 2 is 2.13 bits per heavy atom. The Kier molecular flexibility index (Phi) is 4.83. The fourth-order valence-corrected chi connectivity index (χ4v) is 3.05. The van der Waals surface area contributed by atoms with Crippen molar-refractivity contribution in [2.45, 2.75) is 25.8 Å². The minimum absolute atomic E-state index is 0.0179. The van der Waals surface area contributed by atoms with Crippen LogP contribution in [0, 0.1) is 0 Å². The standard InChI is InChI=1S/C17H18N4OS/c1-13(20-17(22)9-8-16-3-2-10-23-16)14-4-6-15(7-5-14)21-12-18-11-19-21/h2-7,10-13H,8-9H2,1H3,(H,20,22)/t13-/m0/s1. The van der Waals surface area contributed by atoms with Crippen molar-refractivity contribution in [1.29, 1.82) is 0 Å². The molecule has 2 aromatic heterocycles. The van der Waals surface area contributed by atoms with Gasteiger partial charge in [0, 0.05) is 11.3 Å². The predicted molar refractivity (Wildman–Crippen MR) is 90.6 cm³/mol. The van der Waals surface area contributed by atoms with Crippen LogP contribution in [0.5, 0.6) is 0 Å². The Balaban J connectivity index is 1.55. The predicted octanol–water partition coefficient (Wildman–Crippen LogP) is 3.14. The molecule has 0 fully saturated rings. The minimum Gasteiger partial charge on any atom is -0.350 e. The van der Waals surface area contributed by atoms with Crippen LogP contribution < -0.4 is 5.32 Å². The van der Waals surface area contributed by atoms with Gasteiger partial charge < -0.3 is 5.32 Å². The third-order valence-electron chi connectivity index (χ3n) is 3.63. The molecule has 2 heterocycles. The number of aromatic nitrogens is 3. The lowest BCUT2D eigenvalue weighted by Gasteiger charge is -2.14. The summed E-state index contributed by atoms with van der Waals surface area (Å²) in [6, 6.07) is 12.0. The number of nitrogens with one attached hydrogen (secondary N) is 1. The molecule has 3 rings (SSSR count). The van der Waals surface area contributed by atoms with Crippen molar-refractivity contribution in [2.75, 3.05) is 0 Å². The van der Waals surface area contributed by atoms with E-state index < -0.39 is 0 Å². The van der Waals surface area contributed by atoms with Crippen LogP contribution in [-0.4, -0.2) is 20.7 Å². The molecule has 118 valence electrons. The van der Waals surface area contributed by atoms with E-state index in [9.17, 15) is 4.79 Å². The average molecular weight is 326 g/mol. The van der Waals surface area contributed by atoms with Gasteiger partial charge in [0.05, 0.1) is 11.7 Å². The van der Waals surface area contributed by atoms with E-state index in [4.69, 9.17) is 0 Å². The molecular formula is C17H18N4OS. The SMILES string of the molecule is C[C@H](NC(=O)CCc1cccs1)c1ccc(-n2cncn2)cc1. The molecule has 3 aromatic rings. The summed E-state index contributed by atoms with van der Waals surface area (Å²) < 4.78 is 1.70. The lowest BCUT2D eigenvalue weighted by molar-refractivity contribution is -0.121. The van der Waals surface area contributed by atoms with E-state index in [1.54, 1.807) is 22.3 Å². The molecule has 0 saturated carbocycles. The number of thiophene rings is 1. The summed E-state index contributed by atoms with van der Waals surface area (Å²) >= 11 is 1.69. The molecule has 0 saturated heterocycles. The van der Waals surface area contributed by atoms with Gasteiger partial charge in [0.25, 0.3) is 0 Å². The highest BCUT2D eigenvalue weighted by molar-refractivity contribution is 7.09. The maximum Gasteiger partial charge on any atom is 0.220 e. The fraction of sp³-hybridized carbons (Fsp3) is 0.235. The number of aryl methyl sites for hydroxylation is 1. The van der Waals surface area contributed by atoms with Crippen molar-refractivity contribution in [1.82, 2.24) is 20.1 Å². The van der Waals surface area contributed by atoms with Gasteiger partial charge >= 0.3 is 0 Å². The molecule has 1 N–H and O–H groups in total. The van der Waals surface area contributed by atoms with Crippen LogP contribution in [0.4, 0.5) is 0 Å². The number of benzene rings is 1. The molecular weight excluding hydrogens is 308 g/mol. The van der Waals surface area contributed by atoms with E-state index in [0.717, 1.165) is 17.7 Å². The van der Waals surface area contributed by atoms with Gasteiger partial charge in [-0.2, -0.15) is 5.10 Å². The number of rotatable bonds is 6. The normalized spacial score (nSPS) is 12.0. The lowest BCUT2D eigenvalue weighted by Crippen LogP contribution is -2.26. The van der Waals surface area contributed by atoms with E-state index in [1.165, 1.54) is 11.2 Å². The summed E-state index contributed by atoms with van der Waals surface area (Å²) in [4.78, 5) is 17.2. The van der Waals surface area contributed by atoms with Crippen LogP contribution >= 0.6 is 11.3 Å². The van der Waals surface area contributed by atoms with E-state index in [1.807, 2.05) is 42.6 Å². The van der Waals surface area contributed by atoms with Gasteiger partial charge in [-0.25, -0.2) is 9.67 Å².